The van der Waals surface area contributed by atoms with Crippen LogP contribution < -0.4 is 11.1 Å². The quantitative estimate of drug-likeness (QED) is 0.784. The lowest BCUT2D eigenvalue weighted by Crippen LogP contribution is -2.40. The lowest BCUT2D eigenvalue weighted by Gasteiger charge is -2.09. The number of nitrogens with one attached hydrogen (secondary N) is 1. The summed E-state index contributed by atoms with van der Waals surface area (Å²) in [5.74, 6) is 1.44. The molecule has 0 saturated heterocycles. The lowest BCUT2D eigenvalue weighted by atomic mass is 10.2. The molecule has 0 saturated carbocycles. The van der Waals surface area contributed by atoms with Crippen molar-refractivity contribution in [3.05, 3.63) is 35.9 Å². The number of carbonyl (C=O) groups is 1. The number of rotatable bonds is 5. The summed E-state index contributed by atoms with van der Waals surface area (Å²) in [5, 5.41) is 2.54. The van der Waals surface area contributed by atoms with Crippen LogP contribution in [0.15, 0.2) is 30.3 Å². The smallest absolute Gasteiger partial charge is 0.237 e. The Bertz CT molecular complexity index is 303. The molecule has 3 N–H and O–H groups in total. The van der Waals surface area contributed by atoms with E-state index in [0.717, 1.165) is 5.75 Å². The highest BCUT2D eigenvalue weighted by molar-refractivity contribution is 7.98. The van der Waals surface area contributed by atoms with Gasteiger partial charge in [0, 0.05) is 18.6 Å². The summed E-state index contributed by atoms with van der Waals surface area (Å²) >= 11 is 1.67. The second-order valence-electron chi connectivity index (χ2n) is 3.22. The monoisotopic (exact) mass is 224 g/mol. The number of nitrogens with two attached hydrogens (primary N) is 1. The first kappa shape index (κ1) is 12.1. The van der Waals surface area contributed by atoms with Crippen molar-refractivity contribution in [2.75, 3.05) is 12.8 Å². The molecule has 1 aromatic carbocycles. The molecule has 0 spiro atoms. The van der Waals surface area contributed by atoms with Crippen LogP contribution in [0.5, 0.6) is 0 Å². The van der Waals surface area contributed by atoms with Crippen LogP contribution in [-0.2, 0) is 10.5 Å². The molecule has 0 aliphatic rings. The van der Waals surface area contributed by atoms with Gasteiger partial charge in [-0.3, -0.25) is 4.79 Å². The Balaban J connectivity index is 2.25. The van der Waals surface area contributed by atoms with E-state index in [0.29, 0.717) is 5.75 Å². The molecule has 82 valence electrons. The molecule has 0 aliphatic heterocycles. The van der Waals surface area contributed by atoms with Crippen molar-refractivity contribution in [3.8, 4) is 0 Å². The van der Waals surface area contributed by atoms with Gasteiger partial charge in [-0.25, -0.2) is 0 Å². The molecule has 0 aliphatic carbocycles. The summed E-state index contributed by atoms with van der Waals surface area (Å²) in [6.45, 7) is 0. The van der Waals surface area contributed by atoms with Gasteiger partial charge in [-0.15, -0.1) is 0 Å². The Morgan fingerprint density at radius 3 is 2.73 bits per heavy atom. The molecule has 0 heterocycles. The fourth-order valence-corrected chi connectivity index (χ4v) is 2.09. The normalized spacial score (nSPS) is 12.1. The number of hydrogen-bond donors (Lipinski definition) is 2. The number of hydrogen-bond acceptors (Lipinski definition) is 3. The summed E-state index contributed by atoms with van der Waals surface area (Å²) in [5.41, 5.74) is 6.92. The van der Waals surface area contributed by atoms with Crippen LogP contribution in [-0.4, -0.2) is 24.7 Å². The molecule has 1 rings (SSSR count). The zero-order valence-corrected chi connectivity index (χ0v) is 9.59. The molecule has 1 atom stereocenters. The third-order valence-electron chi connectivity index (χ3n) is 1.99. The number of likely N-dealkylation sites (N-methyl/N-ethyl adjacent to an activating group) is 1. The van der Waals surface area contributed by atoms with Crippen LogP contribution >= 0.6 is 11.8 Å². The van der Waals surface area contributed by atoms with Gasteiger partial charge in [-0.05, 0) is 5.56 Å². The highest BCUT2D eigenvalue weighted by Gasteiger charge is 2.10. The molecule has 3 nitrogen and oxygen atoms in total. The van der Waals surface area contributed by atoms with Gasteiger partial charge in [0.05, 0.1) is 6.04 Å². The Hall–Kier alpha value is -1.00. The molecular weight excluding hydrogens is 208 g/mol. The van der Waals surface area contributed by atoms with E-state index in [1.54, 1.807) is 18.8 Å². The van der Waals surface area contributed by atoms with Gasteiger partial charge in [0.1, 0.15) is 0 Å². The molecule has 0 bridgehead atoms. The molecular formula is C11H16N2OS. The lowest BCUT2D eigenvalue weighted by molar-refractivity contribution is -0.121. The van der Waals surface area contributed by atoms with Gasteiger partial charge >= 0.3 is 0 Å². The molecule has 4 heteroatoms. The van der Waals surface area contributed by atoms with Crippen LogP contribution in [0.3, 0.4) is 0 Å². The minimum absolute atomic E-state index is 0.101. The number of benzene rings is 1. The van der Waals surface area contributed by atoms with Gasteiger partial charge in [0.2, 0.25) is 5.91 Å². The van der Waals surface area contributed by atoms with Crippen molar-refractivity contribution >= 4 is 17.7 Å². The topological polar surface area (TPSA) is 55.1 Å². The van der Waals surface area contributed by atoms with E-state index in [1.165, 1.54) is 5.56 Å². The number of thioether (sulfide) groups is 1. The maximum absolute atomic E-state index is 11.1. The number of amides is 1. The Morgan fingerprint density at radius 2 is 2.13 bits per heavy atom. The van der Waals surface area contributed by atoms with Crippen molar-refractivity contribution in [2.24, 2.45) is 5.73 Å². The molecule has 15 heavy (non-hydrogen) atoms. The highest BCUT2D eigenvalue weighted by Crippen LogP contribution is 2.12. The molecule has 0 unspecified atom stereocenters. The first-order valence-electron chi connectivity index (χ1n) is 4.83. The van der Waals surface area contributed by atoms with Gasteiger partial charge in [-0.1, -0.05) is 30.3 Å². The Morgan fingerprint density at radius 1 is 1.47 bits per heavy atom. The maximum atomic E-state index is 11.1. The second kappa shape index (κ2) is 6.48. The Labute approximate surface area is 94.4 Å². The van der Waals surface area contributed by atoms with Crippen molar-refractivity contribution in [1.29, 1.82) is 0 Å². The van der Waals surface area contributed by atoms with E-state index in [1.807, 2.05) is 18.2 Å². The first-order valence-corrected chi connectivity index (χ1v) is 5.98. The van der Waals surface area contributed by atoms with Crippen molar-refractivity contribution in [2.45, 2.75) is 11.8 Å². The van der Waals surface area contributed by atoms with E-state index in [2.05, 4.69) is 17.4 Å². The zero-order valence-electron chi connectivity index (χ0n) is 8.77. The SMILES string of the molecule is CNC(=O)[C@@H](N)CSCc1ccccc1. The van der Waals surface area contributed by atoms with Crippen molar-refractivity contribution in [3.63, 3.8) is 0 Å². The average molecular weight is 224 g/mol. The summed E-state index contributed by atoms with van der Waals surface area (Å²) < 4.78 is 0. The van der Waals surface area contributed by atoms with Crippen LogP contribution in [0.4, 0.5) is 0 Å². The maximum Gasteiger partial charge on any atom is 0.237 e. The van der Waals surface area contributed by atoms with Crippen molar-refractivity contribution < 1.29 is 4.79 Å². The van der Waals surface area contributed by atoms with Crippen molar-refractivity contribution in [1.82, 2.24) is 5.32 Å². The van der Waals surface area contributed by atoms with Crippen LogP contribution in [0.1, 0.15) is 5.56 Å². The minimum Gasteiger partial charge on any atom is -0.358 e. The van der Waals surface area contributed by atoms with E-state index in [4.69, 9.17) is 5.73 Å². The van der Waals surface area contributed by atoms with Crippen LogP contribution in [0.2, 0.25) is 0 Å². The van der Waals surface area contributed by atoms with E-state index >= 15 is 0 Å². The van der Waals surface area contributed by atoms with Crippen LogP contribution in [0.25, 0.3) is 0 Å². The number of carbonyl (C=O) groups excluding carboxylic acids is 1. The van der Waals surface area contributed by atoms with Crippen LogP contribution in [0, 0.1) is 0 Å². The highest BCUT2D eigenvalue weighted by atomic mass is 32.2. The standard InChI is InChI=1S/C11H16N2OS/c1-13-11(14)10(12)8-15-7-9-5-3-2-4-6-9/h2-6,10H,7-8,12H2,1H3,(H,13,14)/t10-/m0/s1. The molecule has 0 radical (unpaired) electrons. The first-order chi connectivity index (χ1) is 7.24. The molecule has 0 aromatic heterocycles. The Kier molecular flexibility index (Phi) is 5.21. The predicted octanol–water partition coefficient (Wildman–Crippen LogP) is 0.993. The molecule has 0 fully saturated rings. The minimum atomic E-state index is -0.413. The fraction of sp³-hybridized carbons (Fsp3) is 0.364. The van der Waals surface area contributed by atoms with E-state index < -0.39 is 6.04 Å². The van der Waals surface area contributed by atoms with Gasteiger partial charge in [0.25, 0.3) is 0 Å². The zero-order chi connectivity index (χ0) is 11.1. The van der Waals surface area contributed by atoms with E-state index in [-0.39, 0.29) is 5.91 Å². The largest absolute Gasteiger partial charge is 0.358 e. The molecule has 1 amide bonds. The fourth-order valence-electron chi connectivity index (χ4n) is 1.14. The second-order valence-corrected chi connectivity index (χ2v) is 4.25. The summed E-state index contributed by atoms with van der Waals surface area (Å²) in [7, 11) is 1.60. The summed E-state index contributed by atoms with van der Waals surface area (Å²) in [6, 6.07) is 9.73. The van der Waals surface area contributed by atoms with Gasteiger partial charge in [0.15, 0.2) is 0 Å². The van der Waals surface area contributed by atoms with Gasteiger partial charge in [-0.2, -0.15) is 11.8 Å². The predicted molar refractivity (Wildman–Crippen MR) is 64.6 cm³/mol. The molecule has 1 aromatic rings. The van der Waals surface area contributed by atoms with E-state index in [9.17, 15) is 4.79 Å². The average Bonchev–Trinajstić information content (AvgIpc) is 2.29. The third kappa shape index (κ3) is 4.36. The third-order valence-corrected chi connectivity index (χ3v) is 3.12. The summed E-state index contributed by atoms with van der Waals surface area (Å²) in [4.78, 5) is 11.1. The summed E-state index contributed by atoms with van der Waals surface area (Å²) in [6.07, 6.45) is 0. The van der Waals surface area contributed by atoms with Gasteiger partial charge < -0.3 is 11.1 Å².